The van der Waals surface area contributed by atoms with Crippen LogP contribution >= 0.6 is 15.9 Å². The lowest BCUT2D eigenvalue weighted by Gasteiger charge is -2.15. The van der Waals surface area contributed by atoms with Gasteiger partial charge in [0.2, 0.25) is 0 Å². The van der Waals surface area contributed by atoms with Crippen molar-refractivity contribution in [2.24, 2.45) is 0 Å². The van der Waals surface area contributed by atoms with Crippen molar-refractivity contribution in [1.29, 1.82) is 0 Å². The maximum Gasteiger partial charge on any atom is 0.337 e. The number of ether oxygens (including phenoxy) is 1. The van der Waals surface area contributed by atoms with E-state index < -0.39 is 16.8 Å². The maximum atomic E-state index is 12.4. The highest BCUT2D eigenvalue weighted by molar-refractivity contribution is 9.10. The molecule has 0 aliphatic carbocycles. The number of halogens is 1. The number of rotatable bonds is 6. The Kier molecular flexibility index (Phi) is 5.52. The van der Waals surface area contributed by atoms with Gasteiger partial charge < -0.3 is 20.1 Å². The van der Waals surface area contributed by atoms with Gasteiger partial charge in [-0.15, -0.1) is 0 Å². The molecule has 128 valence electrons. The number of nitro groups is 1. The number of aliphatic hydroxyl groups excluding tert-OH is 1. The van der Waals surface area contributed by atoms with Crippen molar-refractivity contribution in [2.75, 3.05) is 32.1 Å². The molecule has 9 nitrogen and oxygen atoms in total. The predicted octanol–water partition coefficient (Wildman–Crippen LogP) is 1.03. The van der Waals surface area contributed by atoms with E-state index in [0.29, 0.717) is 4.47 Å². The normalized spacial score (nSPS) is 14.1. The third-order valence-electron chi connectivity index (χ3n) is 3.37. The first kappa shape index (κ1) is 17.9. The Hall–Kier alpha value is -2.46. The number of benzene rings is 1. The van der Waals surface area contributed by atoms with Crippen LogP contribution in [0.5, 0.6) is 0 Å². The van der Waals surface area contributed by atoms with Crippen molar-refractivity contribution in [3.05, 3.63) is 44.1 Å². The summed E-state index contributed by atoms with van der Waals surface area (Å²) in [6.07, 6.45) is 0. The van der Waals surface area contributed by atoms with Gasteiger partial charge in [0.25, 0.3) is 11.6 Å². The summed E-state index contributed by atoms with van der Waals surface area (Å²) in [5.74, 6) is -1.17. The molecule has 0 saturated carbocycles. The van der Waals surface area contributed by atoms with Gasteiger partial charge in [-0.2, -0.15) is 0 Å². The molecule has 0 bridgehead atoms. The van der Waals surface area contributed by atoms with Crippen molar-refractivity contribution in [3.8, 4) is 0 Å². The second-order valence-corrected chi connectivity index (χ2v) is 5.70. The van der Waals surface area contributed by atoms with Crippen LogP contribution in [-0.4, -0.2) is 53.6 Å². The number of nitrogens with zero attached hydrogens (tertiary/aromatic N) is 2. The zero-order valence-corrected chi connectivity index (χ0v) is 14.2. The highest BCUT2D eigenvalue weighted by Crippen LogP contribution is 2.30. The number of β-amino-alcohol motifs (C(OH)–C–C–N with tert-alkyl or cyclic N) is 1. The van der Waals surface area contributed by atoms with Crippen LogP contribution in [0.2, 0.25) is 0 Å². The zero-order chi connectivity index (χ0) is 17.9. The number of carbonyl (C=O) groups is 2. The van der Waals surface area contributed by atoms with Crippen LogP contribution < -0.4 is 5.32 Å². The number of carbonyl (C=O) groups excluding carboxylic acids is 2. The van der Waals surface area contributed by atoms with Crippen LogP contribution in [0.15, 0.2) is 33.9 Å². The lowest BCUT2D eigenvalue weighted by molar-refractivity contribution is -0.385. The molecule has 0 radical (unpaired) electrons. The van der Waals surface area contributed by atoms with Crippen molar-refractivity contribution in [3.63, 3.8) is 0 Å². The Balaban J connectivity index is 2.37. The van der Waals surface area contributed by atoms with E-state index in [2.05, 4.69) is 26.0 Å². The molecule has 1 aliphatic rings. The van der Waals surface area contributed by atoms with Gasteiger partial charge in [-0.25, -0.2) is 4.79 Å². The summed E-state index contributed by atoms with van der Waals surface area (Å²) in [6.45, 7) is -0.199. The maximum absolute atomic E-state index is 12.4. The van der Waals surface area contributed by atoms with Crippen LogP contribution in [0.4, 0.5) is 11.4 Å². The topological polar surface area (TPSA) is 122 Å². The first-order chi connectivity index (χ1) is 11.4. The van der Waals surface area contributed by atoms with Gasteiger partial charge in [0.1, 0.15) is 5.70 Å². The number of nitrogens with one attached hydrogen (secondary N) is 1. The van der Waals surface area contributed by atoms with E-state index in [1.807, 2.05) is 0 Å². The standard InChI is InChI=1S/C14H14BrN3O6/c1-24-14(21)9-7-17(4-5-19)13(20)12(9)16-8-2-3-10(15)11(6-8)18(22)23/h2-3,6,16,19H,4-5,7H2,1H3. The molecule has 0 unspecified atom stereocenters. The highest BCUT2D eigenvalue weighted by atomic mass is 79.9. The molecule has 1 aromatic rings. The number of hydrogen-bond donors (Lipinski definition) is 2. The van der Waals surface area contributed by atoms with Gasteiger partial charge in [-0.3, -0.25) is 14.9 Å². The average Bonchev–Trinajstić information content (AvgIpc) is 2.85. The molecule has 2 rings (SSSR count). The number of hydrogen-bond acceptors (Lipinski definition) is 7. The number of esters is 1. The van der Waals surface area contributed by atoms with E-state index in [1.165, 1.54) is 30.2 Å². The molecule has 2 N–H and O–H groups in total. The average molecular weight is 400 g/mol. The molecule has 1 aromatic carbocycles. The Morgan fingerprint density at radius 1 is 1.54 bits per heavy atom. The fourth-order valence-corrected chi connectivity index (χ4v) is 2.62. The summed E-state index contributed by atoms with van der Waals surface area (Å²) in [5, 5.41) is 22.7. The molecule has 0 spiro atoms. The molecule has 0 saturated heterocycles. The largest absolute Gasteiger partial charge is 0.466 e. The van der Waals surface area contributed by atoms with Crippen molar-refractivity contribution in [2.45, 2.75) is 0 Å². The lowest BCUT2D eigenvalue weighted by Crippen LogP contribution is -2.31. The Morgan fingerprint density at radius 3 is 2.83 bits per heavy atom. The van der Waals surface area contributed by atoms with Gasteiger partial charge >= 0.3 is 5.97 Å². The van der Waals surface area contributed by atoms with Crippen LogP contribution in [0.1, 0.15) is 0 Å². The summed E-state index contributed by atoms with van der Waals surface area (Å²) in [7, 11) is 1.19. The Bertz CT molecular complexity index is 733. The monoisotopic (exact) mass is 399 g/mol. The number of anilines is 1. The zero-order valence-electron chi connectivity index (χ0n) is 12.6. The lowest BCUT2D eigenvalue weighted by atomic mass is 10.2. The van der Waals surface area contributed by atoms with E-state index >= 15 is 0 Å². The second-order valence-electron chi connectivity index (χ2n) is 4.84. The number of methoxy groups -OCH3 is 1. The summed E-state index contributed by atoms with van der Waals surface area (Å²) in [4.78, 5) is 35.9. The molecule has 1 amide bonds. The van der Waals surface area contributed by atoms with Crippen LogP contribution in [-0.2, 0) is 14.3 Å². The van der Waals surface area contributed by atoms with Gasteiger partial charge in [0.15, 0.2) is 0 Å². The van der Waals surface area contributed by atoms with E-state index in [-0.39, 0.29) is 42.3 Å². The molecule has 0 aromatic heterocycles. The van der Waals surface area contributed by atoms with Gasteiger partial charge in [-0.05, 0) is 28.1 Å². The summed E-state index contributed by atoms with van der Waals surface area (Å²) in [5.41, 5.74) is 0.173. The van der Waals surface area contributed by atoms with Crippen molar-refractivity contribution >= 4 is 39.2 Å². The molecule has 1 heterocycles. The van der Waals surface area contributed by atoms with E-state index in [4.69, 9.17) is 5.11 Å². The van der Waals surface area contributed by atoms with Crippen molar-refractivity contribution < 1.29 is 24.4 Å². The SMILES string of the molecule is COC(=O)C1=C(Nc2ccc(Br)c([N+](=O)[O-])c2)C(=O)N(CCO)C1. The Morgan fingerprint density at radius 2 is 2.25 bits per heavy atom. The first-order valence-corrected chi connectivity index (χ1v) is 7.61. The minimum Gasteiger partial charge on any atom is -0.466 e. The number of aliphatic hydroxyl groups is 1. The molecular weight excluding hydrogens is 386 g/mol. The van der Waals surface area contributed by atoms with Crippen LogP contribution in [0, 0.1) is 10.1 Å². The van der Waals surface area contributed by atoms with Crippen molar-refractivity contribution in [1.82, 2.24) is 4.90 Å². The number of amides is 1. The third kappa shape index (κ3) is 3.54. The summed E-state index contributed by atoms with van der Waals surface area (Å²) < 4.78 is 4.96. The molecule has 0 fully saturated rings. The van der Waals surface area contributed by atoms with E-state index in [1.54, 1.807) is 0 Å². The van der Waals surface area contributed by atoms with Gasteiger partial charge in [-0.1, -0.05) is 0 Å². The minimum absolute atomic E-state index is 0.00692. The molecule has 10 heteroatoms. The molecular formula is C14H14BrN3O6. The highest BCUT2D eigenvalue weighted by Gasteiger charge is 2.34. The first-order valence-electron chi connectivity index (χ1n) is 6.81. The van der Waals surface area contributed by atoms with Crippen LogP contribution in [0.25, 0.3) is 0 Å². The van der Waals surface area contributed by atoms with E-state index in [9.17, 15) is 19.7 Å². The fraction of sp³-hybridized carbons (Fsp3) is 0.286. The van der Waals surface area contributed by atoms with Gasteiger partial charge in [0, 0.05) is 18.3 Å². The van der Waals surface area contributed by atoms with E-state index in [0.717, 1.165) is 0 Å². The Labute approximate surface area is 145 Å². The molecule has 24 heavy (non-hydrogen) atoms. The summed E-state index contributed by atoms with van der Waals surface area (Å²) >= 11 is 3.07. The smallest absolute Gasteiger partial charge is 0.337 e. The minimum atomic E-state index is -0.682. The van der Waals surface area contributed by atoms with Crippen LogP contribution in [0.3, 0.4) is 0 Å². The quantitative estimate of drug-likeness (QED) is 0.416. The predicted molar refractivity (Wildman–Crippen MR) is 87.1 cm³/mol. The fourth-order valence-electron chi connectivity index (χ4n) is 2.22. The van der Waals surface area contributed by atoms with Gasteiger partial charge in [0.05, 0.1) is 35.2 Å². The summed E-state index contributed by atoms with van der Waals surface area (Å²) in [6, 6.07) is 4.23. The second kappa shape index (κ2) is 7.41. The molecule has 1 aliphatic heterocycles. The molecule has 0 atom stereocenters. The number of nitro benzene ring substituents is 1. The third-order valence-corrected chi connectivity index (χ3v) is 4.04.